The van der Waals surface area contributed by atoms with Gasteiger partial charge in [0.25, 0.3) is 11.1 Å². The van der Waals surface area contributed by atoms with Crippen molar-refractivity contribution in [1.82, 2.24) is 4.90 Å². The normalized spacial score (nSPS) is 15.4. The van der Waals surface area contributed by atoms with Gasteiger partial charge in [-0.25, -0.2) is 9.18 Å². The fraction of sp³-hybridized carbons (Fsp3) is 0.105. The molecule has 2 amide bonds. The van der Waals surface area contributed by atoms with E-state index in [1.54, 1.807) is 24.3 Å². The van der Waals surface area contributed by atoms with E-state index in [9.17, 15) is 18.8 Å². The molecule has 0 radical (unpaired) electrons. The van der Waals surface area contributed by atoms with Gasteiger partial charge >= 0.3 is 5.97 Å². The van der Waals surface area contributed by atoms with Gasteiger partial charge in [0.15, 0.2) is 6.61 Å². The molecule has 2 aromatic carbocycles. The minimum Gasteiger partial charge on any atom is -0.482 e. The fourth-order valence-corrected chi connectivity index (χ4v) is 3.50. The fourth-order valence-electron chi connectivity index (χ4n) is 2.43. The van der Waals surface area contributed by atoms with Crippen LogP contribution in [0.2, 0.25) is 5.02 Å². The smallest absolute Gasteiger partial charge is 0.341 e. The minimum absolute atomic E-state index is 0.0765. The second kappa shape index (κ2) is 8.45. The third-order valence-electron chi connectivity index (χ3n) is 3.79. The van der Waals surface area contributed by atoms with Crippen LogP contribution >= 0.6 is 23.4 Å². The molecule has 1 fully saturated rings. The summed E-state index contributed by atoms with van der Waals surface area (Å²) in [6.45, 7) is -0.716. The number of carbonyl (C=O) groups is 3. The van der Waals surface area contributed by atoms with Crippen molar-refractivity contribution in [3.05, 3.63) is 69.3 Å². The summed E-state index contributed by atoms with van der Waals surface area (Å²) >= 11 is 6.72. The van der Waals surface area contributed by atoms with Crippen LogP contribution in [0.1, 0.15) is 11.1 Å². The van der Waals surface area contributed by atoms with Crippen molar-refractivity contribution in [2.75, 3.05) is 6.61 Å². The summed E-state index contributed by atoms with van der Waals surface area (Å²) in [5.41, 5.74) is 0.699. The zero-order valence-electron chi connectivity index (χ0n) is 14.2. The highest BCUT2D eigenvalue weighted by molar-refractivity contribution is 8.18. The van der Waals surface area contributed by atoms with Crippen LogP contribution in [0.15, 0.2) is 47.4 Å². The van der Waals surface area contributed by atoms with E-state index in [0.29, 0.717) is 11.3 Å². The van der Waals surface area contributed by atoms with Crippen LogP contribution in [0.3, 0.4) is 0 Å². The standard InChI is InChI=1S/C19H13ClFNO5S/c20-14-2-1-3-15(21)13(14)9-22-18(25)16(28-19(22)26)8-11-4-6-12(7-5-11)27-10-17(23)24/h1-8H,9-10H2,(H,23,24)/b16-8-. The number of nitrogens with zero attached hydrogens (tertiary/aromatic N) is 1. The first-order chi connectivity index (χ1) is 13.3. The Morgan fingerprint density at radius 2 is 1.93 bits per heavy atom. The van der Waals surface area contributed by atoms with Crippen molar-refractivity contribution in [2.24, 2.45) is 0 Å². The zero-order chi connectivity index (χ0) is 20.3. The second-order valence-corrected chi connectivity index (χ2v) is 7.12. The predicted molar refractivity (Wildman–Crippen MR) is 102 cm³/mol. The SMILES string of the molecule is O=C(O)COc1ccc(/C=C2\SC(=O)N(Cc3c(F)cccc3Cl)C2=O)cc1. The monoisotopic (exact) mass is 421 g/mol. The lowest BCUT2D eigenvalue weighted by molar-refractivity contribution is -0.139. The number of aliphatic carboxylic acids is 1. The molecule has 28 heavy (non-hydrogen) atoms. The Kier molecular flexibility index (Phi) is 6.01. The third-order valence-corrected chi connectivity index (χ3v) is 5.05. The number of carbonyl (C=O) groups excluding carboxylic acids is 2. The molecule has 0 saturated carbocycles. The Balaban J connectivity index is 1.75. The van der Waals surface area contributed by atoms with Crippen molar-refractivity contribution in [3.8, 4) is 5.75 Å². The molecule has 9 heteroatoms. The van der Waals surface area contributed by atoms with E-state index < -0.39 is 29.5 Å². The number of benzene rings is 2. The minimum atomic E-state index is -1.09. The molecule has 1 saturated heterocycles. The Labute approximate surface area is 168 Å². The first kappa shape index (κ1) is 19.9. The van der Waals surface area contributed by atoms with E-state index in [1.165, 1.54) is 24.3 Å². The van der Waals surface area contributed by atoms with Gasteiger partial charge in [0.05, 0.1) is 11.4 Å². The highest BCUT2D eigenvalue weighted by atomic mass is 35.5. The maximum Gasteiger partial charge on any atom is 0.341 e. The van der Waals surface area contributed by atoms with Crippen molar-refractivity contribution >= 4 is 46.6 Å². The van der Waals surface area contributed by atoms with Gasteiger partial charge in [-0.3, -0.25) is 14.5 Å². The molecule has 144 valence electrons. The van der Waals surface area contributed by atoms with E-state index in [0.717, 1.165) is 16.7 Å². The number of ether oxygens (including phenoxy) is 1. The van der Waals surface area contributed by atoms with Crippen LogP contribution in [0.5, 0.6) is 5.75 Å². The number of imide groups is 1. The third kappa shape index (κ3) is 4.52. The lowest BCUT2D eigenvalue weighted by atomic mass is 10.2. The van der Waals surface area contributed by atoms with Crippen molar-refractivity contribution < 1.29 is 28.6 Å². The van der Waals surface area contributed by atoms with Gasteiger partial charge in [-0.15, -0.1) is 0 Å². The summed E-state index contributed by atoms with van der Waals surface area (Å²) in [5.74, 6) is -1.86. The summed E-state index contributed by atoms with van der Waals surface area (Å²) in [4.78, 5) is 36.4. The van der Waals surface area contributed by atoms with Crippen LogP contribution < -0.4 is 4.74 Å². The molecule has 2 aromatic rings. The lowest BCUT2D eigenvalue weighted by Crippen LogP contribution is -2.28. The quantitative estimate of drug-likeness (QED) is 0.704. The molecule has 1 heterocycles. The van der Waals surface area contributed by atoms with Crippen LogP contribution in [-0.4, -0.2) is 33.7 Å². The van der Waals surface area contributed by atoms with Crippen LogP contribution in [0.4, 0.5) is 9.18 Å². The maximum atomic E-state index is 13.9. The van der Waals surface area contributed by atoms with Gasteiger partial charge < -0.3 is 9.84 Å². The van der Waals surface area contributed by atoms with E-state index in [4.69, 9.17) is 21.4 Å². The average Bonchev–Trinajstić information content (AvgIpc) is 2.91. The van der Waals surface area contributed by atoms with E-state index in [2.05, 4.69) is 0 Å². The van der Waals surface area contributed by atoms with Crippen molar-refractivity contribution in [2.45, 2.75) is 6.54 Å². The molecule has 0 aliphatic carbocycles. The summed E-state index contributed by atoms with van der Waals surface area (Å²) < 4.78 is 19.0. The van der Waals surface area contributed by atoms with Crippen LogP contribution in [0.25, 0.3) is 6.08 Å². The van der Waals surface area contributed by atoms with Gasteiger partial charge in [0.1, 0.15) is 11.6 Å². The van der Waals surface area contributed by atoms with E-state index in [-0.39, 0.29) is 22.0 Å². The van der Waals surface area contributed by atoms with Crippen LogP contribution in [0, 0.1) is 5.82 Å². The Morgan fingerprint density at radius 3 is 2.57 bits per heavy atom. The van der Waals surface area contributed by atoms with Crippen molar-refractivity contribution in [1.29, 1.82) is 0 Å². The van der Waals surface area contributed by atoms with Crippen molar-refractivity contribution in [3.63, 3.8) is 0 Å². The Morgan fingerprint density at radius 1 is 1.21 bits per heavy atom. The molecule has 3 rings (SSSR count). The summed E-state index contributed by atoms with van der Waals surface area (Å²) in [6.07, 6.45) is 1.52. The van der Waals surface area contributed by atoms with Gasteiger partial charge in [0.2, 0.25) is 0 Å². The molecule has 6 nitrogen and oxygen atoms in total. The topological polar surface area (TPSA) is 83.9 Å². The lowest BCUT2D eigenvalue weighted by Gasteiger charge is -2.14. The van der Waals surface area contributed by atoms with Crippen LogP contribution in [-0.2, 0) is 16.1 Å². The van der Waals surface area contributed by atoms with E-state index in [1.807, 2.05) is 0 Å². The molecule has 1 N–H and O–H groups in total. The number of halogens is 2. The largest absolute Gasteiger partial charge is 0.482 e. The molecule has 0 bridgehead atoms. The predicted octanol–water partition coefficient (Wildman–Crippen LogP) is 4.18. The zero-order valence-corrected chi connectivity index (χ0v) is 15.8. The van der Waals surface area contributed by atoms with Gasteiger partial charge in [0, 0.05) is 10.6 Å². The number of hydrogen-bond acceptors (Lipinski definition) is 5. The first-order valence-electron chi connectivity index (χ1n) is 7.98. The molecule has 0 unspecified atom stereocenters. The molecule has 1 aliphatic heterocycles. The highest BCUT2D eigenvalue weighted by Gasteiger charge is 2.35. The Hall–Kier alpha value is -2.84. The number of carboxylic acids is 1. The van der Waals surface area contributed by atoms with Gasteiger partial charge in [-0.2, -0.15) is 0 Å². The number of carboxylic acid groups (broad SMARTS) is 1. The number of amides is 2. The summed E-state index contributed by atoms with van der Waals surface area (Å²) in [5, 5.41) is 8.22. The molecule has 0 atom stereocenters. The summed E-state index contributed by atoms with van der Waals surface area (Å²) in [7, 11) is 0. The highest BCUT2D eigenvalue weighted by Crippen LogP contribution is 2.34. The molecular formula is C19H13ClFNO5S. The molecule has 1 aliphatic rings. The number of hydrogen-bond donors (Lipinski definition) is 1. The number of thioether (sulfide) groups is 1. The molecular weight excluding hydrogens is 409 g/mol. The average molecular weight is 422 g/mol. The number of rotatable bonds is 6. The molecule has 0 spiro atoms. The summed E-state index contributed by atoms with van der Waals surface area (Å²) in [6, 6.07) is 10.5. The second-order valence-electron chi connectivity index (χ2n) is 5.72. The maximum absolute atomic E-state index is 13.9. The Bertz CT molecular complexity index is 957. The van der Waals surface area contributed by atoms with E-state index >= 15 is 0 Å². The molecule has 0 aromatic heterocycles. The van der Waals surface area contributed by atoms with Gasteiger partial charge in [-0.05, 0) is 47.7 Å². The van der Waals surface area contributed by atoms with Gasteiger partial charge in [-0.1, -0.05) is 29.8 Å². The first-order valence-corrected chi connectivity index (χ1v) is 9.17.